The average molecular weight is 351 g/mol. The highest BCUT2D eigenvalue weighted by Crippen LogP contribution is 2.33. The summed E-state index contributed by atoms with van der Waals surface area (Å²) in [6.07, 6.45) is 6.05. The molecule has 0 heterocycles. The fourth-order valence-corrected chi connectivity index (χ4v) is 2.76. The Hall–Kier alpha value is -1.75. The summed E-state index contributed by atoms with van der Waals surface area (Å²) >= 11 is 0. The molecule has 1 unspecified atom stereocenters. The highest BCUT2D eigenvalue weighted by molar-refractivity contribution is 5.82. The zero-order valence-electron chi connectivity index (χ0n) is 15.9. The van der Waals surface area contributed by atoms with Gasteiger partial charge in [0.25, 0.3) is 0 Å². The van der Waals surface area contributed by atoms with E-state index in [1.807, 2.05) is 25.1 Å². The third-order valence-corrected chi connectivity index (χ3v) is 4.17. The van der Waals surface area contributed by atoms with Gasteiger partial charge in [-0.1, -0.05) is 38.7 Å². The molecule has 0 aromatic heterocycles. The molecule has 0 radical (unpaired) electrons. The maximum absolute atomic E-state index is 11.9. The minimum atomic E-state index is -0.288. The molecule has 142 valence electrons. The van der Waals surface area contributed by atoms with Crippen LogP contribution in [0.15, 0.2) is 18.2 Å². The van der Waals surface area contributed by atoms with Gasteiger partial charge in [0, 0.05) is 19.6 Å². The van der Waals surface area contributed by atoms with Gasteiger partial charge in [0.05, 0.1) is 19.6 Å². The number of rotatable bonds is 14. The fraction of sp³-hybridized carbons (Fsp3) is 0.650. The Kier molecular flexibility index (Phi) is 10.7. The van der Waals surface area contributed by atoms with Crippen molar-refractivity contribution in [3.63, 3.8) is 0 Å². The number of methoxy groups -OCH3 is 1. The second kappa shape index (κ2) is 12.6. The molecule has 1 aromatic rings. The van der Waals surface area contributed by atoms with Crippen LogP contribution < -0.4 is 15.2 Å². The molecular formula is C20H33NO4. The quantitative estimate of drug-likeness (QED) is 0.514. The Morgan fingerprint density at radius 1 is 1.08 bits per heavy atom. The highest BCUT2D eigenvalue weighted by Gasteiger charge is 2.19. The molecule has 0 fully saturated rings. The first-order chi connectivity index (χ1) is 12.1. The van der Waals surface area contributed by atoms with Gasteiger partial charge in [-0.3, -0.25) is 4.79 Å². The standard InChI is InChI=1S/C20H33NO4/c1-4-6-7-8-10-17(20(21)22)16-11-12-18(23-3)19(15-16)25-14-9-13-24-5-2/h11-12,15,17H,4-10,13-14H2,1-3H3,(H2,21,22). The zero-order valence-corrected chi connectivity index (χ0v) is 15.9. The number of nitrogens with two attached hydrogens (primary N) is 1. The molecule has 0 aliphatic carbocycles. The van der Waals surface area contributed by atoms with Gasteiger partial charge >= 0.3 is 0 Å². The fourth-order valence-electron chi connectivity index (χ4n) is 2.76. The van der Waals surface area contributed by atoms with Gasteiger partial charge in [0.15, 0.2) is 11.5 Å². The number of ether oxygens (including phenoxy) is 3. The van der Waals surface area contributed by atoms with Crippen molar-refractivity contribution in [1.29, 1.82) is 0 Å². The summed E-state index contributed by atoms with van der Waals surface area (Å²) in [7, 11) is 1.61. The van der Waals surface area contributed by atoms with E-state index in [0.29, 0.717) is 31.3 Å². The van der Waals surface area contributed by atoms with E-state index >= 15 is 0 Å². The molecule has 5 nitrogen and oxygen atoms in total. The average Bonchev–Trinajstić information content (AvgIpc) is 2.61. The Morgan fingerprint density at radius 2 is 1.88 bits per heavy atom. The maximum Gasteiger partial charge on any atom is 0.224 e. The van der Waals surface area contributed by atoms with E-state index in [1.54, 1.807) is 7.11 Å². The number of benzene rings is 1. The number of primary amides is 1. The van der Waals surface area contributed by atoms with E-state index in [9.17, 15) is 4.79 Å². The van der Waals surface area contributed by atoms with Crippen LogP contribution in [0.2, 0.25) is 0 Å². The summed E-state index contributed by atoms with van der Waals surface area (Å²) in [5.74, 6) is 0.739. The minimum Gasteiger partial charge on any atom is -0.493 e. The third kappa shape index (κ3) is 7.78. The molecule has 0 aliphatic rings. The summed E-state index contributed by atoms with van der Waals surface area (Å²) in [6, 6.07) is 5.63. The van der Waals surface area contributed by atoms with Crippen molar-refractivity contribution in [1.82, 2.24) is 0 Å². The molecule has 25 heavy (non-hydrogen) atoms. The Morgan fingerprint density at radius 3 is 2.52 bits per heavy atom. The molecule has 1 aromatic carbocycles. The van der Waals surface area contributed by atoms with E-state index < -0.39 is 0 Å². The number of carbonyl (C=O) groups is 1. The SMILES string of the molecule is CCCCCCC(C(N)=O)c1ccc(OC)c(OCCCOCC)c1. The number of unbranched alkanes of at least 4 members (excludes halogenated alkanes) is 3. The van der Waals surface area contributed by atoms with Gasteiger partial charge in [0.1, 0.15) is 0 Å². The molecule has 1 atom stereocenters. The Labute approximate surface area is 151 Å². The molecular weight excluding hydrogens is 318 g/mol. The van der Waals surface area contributed by atoms with Crippen molar-refractivity contribution in [2.75, 3.05) is 26.9 Å². The molecule has 0 saturated heterocycles. The number of hydrogen-bond donors (Lipinski definition) is 1. The number of carbonyl (C=O) groups excluding carboxylic acids is 1. The van der Waals surface area contributed by atoms with Gasteiger partial charge in [-0.05, 0) is 31.0 Å². The van der Waals surface area contributed by atoms with Crippen LogP contribution in [0.3, 0.4) is 0 Å². The van der Waals surface area contributed by atoms with Crippen molar-refractivity contribution in [3.05, 3.63) is 23.8 Å². The predicted molar refractivity (Wildman–Crippen MR) is 100 cm³/mol. The molecule has 5 heteroatoms. The molecule has 2 N–H and O–H groups in total. The largest absolute Gasteiger partial charge is 0.493 e. The molecule has 1 amide bonds. The third-order valence-electron chi connectivity index (χ3n) is 4.17. The van der Waals surface area contributed by atoms with E-state index in [1.165, 1.54) is 12.8 Å². The van der Waals surface area contributed by atoms with Crippen LogP contribution in [-0.2, 0) is 9.53 Å². The molecule has 0 saturated carbocycles. The summed E-state index contributed by atoms with van der Waals surface area (Å²) < 4.78 is 16.5. The second-order valence-corrected chi connectivity index (χ2v) is 6.11. The molecule has 0 aliphatic heterocycles. The Balaban J connectivity index is 2.75. The van der Waals surface area contributed by atoms with Crippen molar-refractivity contribution in [2.24, 2.45) is 5.73 Å². The van der Waals surface area contributed by atoms with E-state index in [4.69, 9.17) is 19.9 Å². The van der Waals surface area contributed by atoms with Crippen LogP contribution >= 0.6 is 0 Å². The van der Waals surface area contributed by atoms with Crippen molar-refractivity contribution in [2.45, 2.75) is 58.3 Å². The second-order valence-electron chi connectivity index (χ2n) is 6.11. The van der Waals surface area contributed by atoms with Crippen LogP contribution in [-0.4, -0.2) is 32.8 Å². The normalized spacial score (nSPS) is 12.0. The number of amides is 1. The van der Waals surface area contributed by atoms with E-state index in [2.05, 4.69) is 6.92 Å². The lowest BCUT2D eigenvalue weighted by atomic mass is 9.92. The van der Waals surface area contributed by atoms with Gasteiger partial charge in [-0.25, -0.2) is 0 Å². The summed E-state index contributed by atoms with van der Waals surface area (Å²) in [6.45, 7) is 6.05. The van der Waals surface area contributed by atoms with Gasteiger partial charge in [0.2, 0.25) is 5.91 Å². The van der Waals surface area contributed by atoms with E-state index in [0.717, 1.165) is 31.2 Å². The first-order valence-corrected chi connectivity index (χ1v) is 9.31. The highest BCUT2D eigenvalue weighted by atomic mass is 16.5. The Bertz CT molecular complexity index is 504. The van der Waals surface area contributed by atoms with Crippen molar-refractivity contribution < 1.29 is 19.0 Å². The summed E-state index contributed by atoms with van der Waals surface area (Å²) in [5.41, 5.74) is 6.52. The zero-order chi connectivity index (χ0) is 18.5. The molecule has 1 rings (SSSR count). The lowest BCUT2D eigenvalue weighted by molar-refractivity contribution is -0.119. The number of hydrogen-bond acceptors (Lipinski definition) is 4. The summed E-state index contributed by atoms with van der Waals surface area (Å²) in [5, 5.41) is 0. The predicted octanol–water partition coefficient (Wildman–Crippen LogP) is 4.04. The summed E-state index contributed by atoms with van der Waals surface area (Å²) in [4.78, 5) is 11.9. The van der Waals surface area contributed by atoms with Gasteiger partial charge < -0.3 is 19.9 Å². The molecule has 0 bridgehead atoms. The minimum absolute atomic E-state index is 0.284. The van der Waals surface area contributed by atoms with Crippen LogP contribution in [0.25, 0.3) is 0 Å². The van der Waals surface area contributed by atoms with Crippen molar-refractivity contribution >= 4 is 5.91 Å². The van der Waals surface area contributed by atoms with Gasteiger partial charge in [-0.15, -0.1) is 0 Å². The monoisotopic (exact) mass is 351 g/mol. The smallest absolute Gasteiger partial charge is 0.224 e. The topological polar surface area (TPSA) is 70.8 Å². The lowest BCUT2D eigenvalue weighted by Crippen LogP contribution is -2.21. The van der Waals surface area contributed by atoms with E-state index in [-0.39, 0.29) is 11.8 Å². The first-order valence-electron chi connectivity index (χ1n) is 9.31. The maximum atomic E-state index is 11.9. The van der Waals surface area contributed by atoms with Crippen LogP contribution in [0, 0.1) is 0 Å². The van der Waals surface area contributed by atoms with Gasteiger partial charge in [-0.2, -0.15) is 0 Å². The van der Waals surface area contributed by atoms with Crippen LogP contribution in [0.1, 0.15) is 63.9 Å². The van der Waals surface area contributed by atoms with Crippen LogP contribution in [0.4, 0.5) is 0 Å². The van der Waals surface area contributed by atoms with Crippen LogP contribution in [0.5, 0.6) is 11.5 Å². The lowest BCUT2D eigenvalue weighted by Gasteiger charge is -2.17. The molecule has 0 spiro atoms. The first kappa shape index (κ1) is 21.3. The van der Waals surface area contributed by atoms with Crippen molar-refractivity contribution in [3.8, 4) is 11.5 Å².